The minimum absolute atomic E-state index is 0.0301. The van der Waals surface area contributed by atoms with E-state index < -0.39 is 6.04 Å². The van der Waals surface area contributed by atoms with Crippen LogP contribution in [0, 0.1) is 0 Å². The Morgan fingerprint density at radius 2 is 1.55 bits per heavy atom. The average molecular weight is 453 g/mol. The van der Waals surface area contributed by atoms with Crippen molar-refractivity contribution in [2.45, 2.75) is 84.8 Å². The predicted octanol–water partition coefficient (Wildman–Crippen LogP) is 5.26. The number of hydrogen-bond donors (Lipinski definition) is 1. The molecule has 0 heterocycles. The van der Waals surface area contributed by atoms with Gasteiger partial charge in [0.25, 0.3) is 0 Å². The number of ether oxygens (including phenoxy) is 1. The Balaban J connectivity index is 2.14. The van der Waals surface area contributed by atoms with E-state index in [1.807, 2.05) is 38.1 Å². The van der Waals surface area contributed by atoms with Gasteiger partial charge in [-0.2, -0.15) is 0 Å². The van der Waals surface area contributed by atoms with Gasteiger partial charge in [0, 0.05) is 19.0 Å². The first kappa shape index (κ1) is 26.4. The van der Waals surface area contributed by atoms with Crippen molar-refractivity contribution in [3.63, 3.8) is 0 Å². The molecule has 0 spiro atoms. The molecule has 2 rings (SSSR count). The molecule has 2 amide bonds. The number of methoxy groups -OCH3 is 1. The van der Waals surface area contributed by atoms with Crippen molar-refractivity contribution in [1.82, 2.24) is 10.2 Å². The molecule has 0 radical (unpaired) electrons. The van der Waals surface area contributed by atoms with Crippen LogP contribution >= 0.6 is 0 Å². The molecule has 0 aliphatic rings. The molecule has 0 aliphatic heterocycles. The molecule has 2 aromatic rings. The van der Waals surface area contributed by atoms with Crippen LogP contribution in [0.4, 0.5) is 0 Å². The van der Waals surface area contributed by atoms with Crippen molar-refractivity contribution in [3.8, 4) is 5.75 Å². The van der Waals surface area contributed by atoms with E-state index in [1.54, 1.807) is 18.9 Å². The Morgan fingerprint density at radius 1 is 0.970 bits per heavy atom. The van der Waals surface area contributed by atoms with Crippen LogP contribution in [0.3, 0.4) is 0 Å². The quantitative estimate of drug-likeness (QED) is 0.535. The zero-order valence-electron chi connectivity index (χ0n) is 21.3. The molecule has 2 atom stereocenters. The first-order valence-corrected chi connectivity index (χ1v) is 11.9. The number of aryl methyl sites for hydroxylation is 1. The summed E-state index contributed by atoms with van der Waals surface area (Å²) in [6, 6.07) is 15.6. The second kappa shape index (κ2) is 11.9. The Bertz CT molecular complexity index is 898. The lowest BCUT2D eigenvalue weighted by molar-refractivity contribution is -0.140. The predicted molar refractivity (Wildman–Crippen MR) is 134 cm³/mol. The summed E-state index contributed by atoms with van der Waals surface area (Å²) in [5, 5.41) is 3.01. The number of hydrogen-bond acceptors (Lipinski definition) is 3. The van der Waals surface area contributed by atoms with Crippen molar-refractivity contribution in [1.29, 1.82) is 0 Å². The minimum atomic E-state index is -0.558. The third-order valence-electron chi connectivity index (χ3n) is 6.13. The second-order valence-corrected chi connectivity index (χ2v) is 9.81. The highest BCUT2D eigenvalue weighted by Gasteiger charge is 2.26. The number of amides is 2. The van der Waals surface area contributed by atoms with Crippen LogP contribution < -0.4 is 10.1 Å². The van der Waals surface area contributed by atoms with Gasteiger partial charge < -0.3 is 15.0 Å². The van der Waals surface area contributed by atoms with E-state index in [9.17, 15) is 9.59 Å². The molecule has 33 heavy (non-hydrogen) atoms. The molecule has 0 saturated carbocycles. The van der Waals surface area contributed by atoms with E-state index in [-0.39, 0.29) is 23.3 Å². The average Bonchev–Trinajstić information content (AvgIpc) is 2.80. The van der Waals surface area contributed by atoms with Crippen LogP contribution in [0.2, 0.25) is 0 Å². The molecule has 180 valence electrons. The third-order valence-corrected chi connectivity index (χ3v) is 6.13. The zero-order chi connectivity index (χ0) is 24.6. The van der Waals surface area contributed by atoms with Crippen molar-refractivity contribution in [3.05, 3.63) is 65.2 Å². The normalized spacial score (nSPS) is 13.2. The lowest BCUT2D eigenvalue weighted by Gasteiger charge is -2.30. The van der Waals surface area contributed by atoms with E-state index in [1.165, 1.54) is 5.56 Å². The molecule has 0 aromatic heterocycles. The van der Waals surface area contributed by atoms with Gasteiger partial charge in [0.15, 0.2) is 0 Å². The van der Waals surface area contributed by atoms with Crippen LogP contribution in [-0.2, 0) is 28.0 Å². The van der Waals surface area contributed by atoms with E-state index in [0.717, 1.165) is 23.3 Å². The standard InChI is InChI=1S/C28H40N2O3/c1-8-20(2)29-27(32)21(3)30(19-23-11-16-25(33-7)17-12-23)26(31)18-13-22-9-14-24(15-10-22)28(4,5)6/h9-12,14-17,20-21H,8,13,18-19H2,1-7H3,(H,29,32)/t20-,21-/m1/s1. The summed E-state index contributed by atoms with van der Waals surface area (Å²) in [6.45, 7) is 12.7. The molecular weight excluding hydrogens is 412 g/mol. The Morgan fingerprint density at radius 3 is 2.06 bits per heavy atom. The van der Waals surface area contributed by atoms with Gasteiger partial charge in [-0.15, -0.1) is 0 Å². The van der Waals surface area contributed by atoms with Crippen LogP contribution in [0.1, 0.15) is 71.1 Å². The monoisotopic (exact) mass is 452 g/mol. The first-order valence-electron chi connectivity index (χ1n) is 11.9. The molecule has 0 aliphatic carbocycles. The molecule has 2 aromatic carbocycles. The van der Waals surface area contributed by atoms with Crippen molar-refractivity contribution in [2.24, 2.45) is 0 Å². The summed E-state index contributed by atoms with van der Waals surface area (Å²) in [4.78, 5) is 27.8. The molecule has 5 heteroatoms. The second-order valence-electron chi connectivity index (χ2n) is 9.81. The van der Waals surface area contributed by atoms with Crippen molar-refractivity contribution < 1.29 is 14.3 Å². The first-order chi connectivity index (χ1) is 15.5. The molecule has 0 bridgehead atoms. The van der Waals surface area contributed by atoms with Crippen molar-refractivity contribution in [2.75, 3.05) is 7.11 Å². The van der Waals surface area contributed by atoms with E-state index in [4.69, 9.17) is 4.74 Å². The highest BCUT2D eigenvalue weighted by molar-refractivity contribution is 5.87. The van der Waals surface area contributed by atoms with Gasteiger partial charge in [-0.05, 0) is 60.9 Å². The topological polar surface area (TPSA) is 58.6 Å². The fourth-order valence-corrected chi connectivity index (χ4v) is 3.54. The minimum Gasteiger partial charge on any atom is -0.497 e. The highest BCUT2D eigenvalue weighted by Crippen LogP contribution is 2.23. The summed E-state index contributed by atoms with van der Waals surface area (Å²) < 4.78 is 5.24. The van der Waals surface area contributed by atoms with E-state index >= 15 is 0 Å². The number of benzene rings is 2. The molecule has 0 saturated heterocycles. The largest absolute Gasteiger partial charge is 0.497 e. The number of carbonyl (C=O) groups excluding carboxylic acids is 2. The highest BCUT2D eigenvalue weighted by atomic mass is 16.5. The van der Waals surface area contributed by atoms with Crippen molar-refractivity contribution >= 4 is 11.8 Å². The SMILES string of the molecule is CC[C@@H](C)NC(=O)[C@@H](C)N(Cc1ccc(OC)cc1)C(=O)CCc1ccc(C(C)(C)C)cc1. The van der Waals surface area contributed by atoms with Gasteiger partial charge in [0.2, 0.25) is 11.8 Å². The smallest absolute Gasteiger partial charge is 0.242 e. The lowest BCUT2D eigenvalue weighted by Crippen LogP contribution is -2.49. The van der Waals surface area contributed by atoms with Gasteiger partial charge in [-0.1, -0.05) is 64.1 Å². The maximum Gasteiger partial charge on any atom is 0.242 e. The fourth-order valence-electron chi connectivity index (χ4n) is 3.54. The van der Waals surface area contributed by atoms with Gasteiger partial charge in [-0.25, -0.2) is 0 Å². The molecule has 0 unspecified atom stereocenters. The van der Waals surface area contributed by atoms with Gasteiger partial charge >= 0.3 is 0 Å². The molecular formula is C28H40N2O3. The summed E-state index contributed by atoms with van der Waals surface area (Å²) in [6.07, 6.45) is 1.84. The Hall–Kier alpha value is -2.82. The van der Waals surface area contributed by atoms with E-state index in [0.29, 0.717) is 19.4 Å². The Labute approximate surface area is 199 Å². The maximum absolute atomic E-state index is 13.3. The number of rotatable bonds is 10. The number of nitrogens with zero attached hydrogens (tertiary/aromatic N) is 1. The van der Waals surface area contributed by atoms with Gasteiger partial charge in [0.05, 0.1) is 7.11 Å². The third kappa shape index (κ3) is 7.92. The summed E-state index contributed by atoms with van der Waals surface area (Å²) in [5.74, 6) is 0.608. The summed E-state index contributed by atoms with van der Waals surface area (Å²) in [7, 11) is 1.63. The van der Waals surface area contributed by atoms with Gasteiger partial charge in [-0.3, -0.25) is 9.59 Å². The zero-order valence-corrected chi connectivity index (χ0v) is 21.3. The van der Waals surface area contributed by atoms with Crippen LogP contribution in [0.25, 0.3) is 0 Å². The summed E-state index contributed by atoms with van der Waals surface area (Å²) >= 11 is 0. The lowest BCUT2D eigenvalue weighted by atomic mass is 9.86. The Kier molecular flexibility index (Phi) is 9.51. The van der Waals surface area contributed by atoms with Crippen LogP contribution in [-0.4, -0.2) is 35.9 Å². The van der Waals surface area contributed by atoms with E-state index in [2.05, 4.69) is 50.4 Å². The molecule has 0 fully saturated rings. The molecule has 1 N–H and O–H groups in total. The number of nitrogens with one attached hydrogen (secondary N) is 1. The van der Waals surface area contributed by atoms with Gasteiger partial charge in [0.1, 0.15) is 11.8 Å². The maximum atomic E-state index is 13.3. The fraction of sp³-hybridized carbons (Fsp3) is 0.500. The van der Waals surface area contributed by atoms with Crippen LogP contribution in [0.5, 0.6) is 5.75 Å². The molecule has 5 nitrogen and oxygen atoms in total. The van der Waals surface area contributed by atoms with Crippen LogP contribution in [0.15, 0.2) is 48.5 Å². The number of carbonyl (C=O) groups is 2. The summed E-state index contributed by atoms with van der Waals surface area (Å²) in [5.41, 5.74) is 3.45.